The molecule has 0 aliphatic carbocycles. The zero-order valence-electron chi connectivity index (χ0n) is 10.6. The van der Waals surface area contributed by atoms with Crippen LogP contribution in [0.5, 0.6) is 0 Å². The molecule has 0 N–H and O–H groups in total. The first kappa shape index (κ1) is 12.1. The van der Waals surface area contributed by atoms with Crippen LogP contribution in [0.3, 0.4) is 0 Å². The zero-order valence-corrected chi connectivity index (χ0v) is 10.6. The summed E-state index contributed by atoms with van der Waals surface area (Å²) in [6.45, 7) is 6.31. The first-order valence-electron chi connectivity index (χ1n) is 6.18. The van der Waals surface area contributed by atoms with E-state index in [1.165, 1.54) is 5.56 Å². The largest absolute Gasteiger partial charge is 0.293 e. The van der Waals surface area contributed by atoms with Crippen molar-refractivity contribution < 1.29 is 0 Å². The molecule has 2 rings (SSSR count). The van der Waals surface area contributed by atoms with Crippen LogP contribution >= 0.6 is 0 Å². The van der Waals surface area contributed by atoms with Gasteiger partial charge >= 0.3 is 0 Å². The van der Waals surface area contributed by atoms with Gasteiger partial charge in [0.25, 0.3) is 0 Å². The Bertz CT molecular complexity index is 405. The van der Waals surface area contributed by atoms with Crippen molar-refractivity contribution in [3.8, 4) is 6.07 Å². The molecule has 0 saturated carbocycles. The second-order valence-electron chi connectivity index (χ2n) is 5.26. The minimum absolute atomic E-state index is 0.0388. The van der Waals surface area contributed by atoms with Crippen molar-refractivity contribution in [2.45, 2.75) is 38.8 Å². The quantitative estimate of drug-likeness (QED) is 0.782. The van der Waals surface area contributed by atoms with Crippen LogP contribution in [0, 0.1) is 17.2 Å². The predicted octanol–water partition coefficient (Wildman–Crippen LogP) is 2.60. The number of likely N-dealkylation sites (tertiary alicyclic amines) is 1. The van der Waals surface area contributed by atoms with E-state index in [0.717, 1.165) is 25.9 Å². The van der Waals surface area contributed by atoms with Gasteiger partial charge in [0.2, 0.25) is 0 Å². The van der Waals surface area contributed by atoms with Crippen LogP contribution in [0.1, 0.15) is 32.3 Å². The Morgan fingerprint density at radius 3 is 3.06 bits per heavy atom. The molecule has 0 radical (unpaired) electrons. The van der Waals surface area contributed by atoms with E-state index >= 15 is 0 Å². The van der Waals surface area contributed by atoms with Crippen molar-refractivity contribution in [1.82, 2.24) is 9.88 Å². The van der Waals surface area contributed by atoms with Gasteiger partial charge in [-0.1, -0.05) is 6.07 Å². The van der Waals surface area contributed by atoms with Gasteiger partial charge in [-0.15, -0.1) is 0 Å². The first-order chi connectivity index (χ1) is 8.14. The van der Waals surface area contributed by atoms with Gasteiger partial charge in [0, 0.05) is 24.5 Å². The molecular formula is C14H19N3. The van der Waals surface area contributed by atoms with Crippen molar-refractivity contribution in [2.75, 3.05) is 6.54 Å². The number of piperidine rings is 1. The fourth-order valence-corrected chi connectivity index (χ4v) is 2.57. The normalized spacial score (nSPS) is 24.2. The molecule has 1 aliphatic rings. The third-order valence-corrected chi connectivity index (χ3v) is 3.84. The SMILES string of the molecule is CC1(C)C(C#N)CCCN1Cc1cccnc1. The number of nitrogens with zero attached hydrogens (tertiary/aromatic N) is 3. The third kappa shape index (κ3) is 2.48. The minimum atomic E-state index is -0.0388. The van der Waals surface area contributed by atoms with Gasteiger partial charge in [0.15, 0.2) is 0 Å². The first-order valence-corrected chi connectivity index (χ1v) is 6.18. The summed E-state index contributed by atoms with van der Waals surface area (Å²) in [6.07, 6.45) is 5.84. The van der Waals surface area contributed by atoms with Crippen LogP contribution in [0.25, 0.3) is 0 Å². The van der Waals surface area contributed by atoms with Crippen molar-refractivity contribution in [1.29, 1.82) is 5.26 Å². The number of aromatic nitrogens is 1. The highest BCUT2D eigenvalue weighted by atomic mass is 15.2. The molecule has 1 unspecified atom stereocenters. The van der Waals surface area contributed by atoms with E-state index in [1.54, 1.807) is 6.20 Å². The molecule has 90 valence electrons. The average Bonchev–Trinajstić information content (AvgIpc) is 2.33. The van der Waals surface area contributed by atoms with Gasteiger partial charge in [-0.05, 0) is 44.9 Å². The molecule has 0 spiro atoms. The molecule has 3 heteroatoms. The molecule has 1 aromatic heterocycles. The van der Waals surface area contributed by atoms with E-state index in [4.69, 9.17) is 0 Å². The fraction of sp³-hybridized carbons (Fsp3) is 0.571. The monoisotopic (exact) mass is 229 g/mol. The highest BCUT2D eigenvalue weighted by Gasteiger charge is 2.38. The summed E-state index contributed by atoms with van der Waals surface area (Å²) in [5, 5.41) is 9.22. The lowest BCUT2D eigenvalue weighted by molar-refractivity contribution is 0.0380. The van der Waals surface area contributed by atoms with Gasteiger partial charge < -0.3 is 0 Å². The maximum Gasteiger partial charge on any atom is 0.0675 e. The minimum Gasteiger partial charge on any atom is -0.293 e. The lowest BCUT2D eigenvalue weighted by atomic mass is 9.80. The van der Waals surface area contributed by atoms with Crippen LogP contribution in [0.2, 0.25) is 0 Å². The van der Waals surface area contributed by atoms with E-state index < -0.39 is 0 Å². The Morgan fingerprint density at radius 2 is 2.41 bits per heavy atom. The van der Waals surface area contributed by atoms with Crippen LogP contribution in [0.15, 0.2) is 24.5 Å². The van der Waals surface area contributed by atoms with Gasteiger partial charge in [-0.3, -0.25) is 9.88 Å². The number of hydrogen-bond donors (Lipinski definition) is 0. The predicted molar refractivity (Wildman–Crippen MR) is 67.1 cm³/mol. The molecule has 0 aromatic carbocycles. The van der Waals surface area contributed by atoms with Crippen molar-refractivity contribution in [3.63, 3.8) is 0 Å². The van der Waals surface area contributed by atoms with E-state index in [-0.39, 0.29) is 11.5 Å². The van der Waals surface area contributed by atoms with E-state index in [2.05, 4.69) is 35.9 Å². The summed E-state index contributed by atoms with van der Waals surface area (Å²) in [5.74, 6) is 0.132. The molecule has 3 nitrogen and oxygen atoms in total. The summed E-state index contributed by atoms with van der Waals surface area (Å²) in [6, 6.07) is 6.52. The molecule has 1 fully saturated rings. The number of pyridine rings is 1. The van der Waals surface area contributed by atoms with Crippen molar-refractivity contribution in [3.05, 3.63) is 30.1 Å². The van der Waals surface area contributed by atoms with Crippen molar-refractivity contribution in [2.24, 2.45) is 5.92 Å². The number of hydrogen-bond acceptors (Lipinski definition) is 3. The molecule has 17 heavy (non-hydrogen) atoms. The fourth-order valence-electron chi connectivity index (χ4n) is 2.57. The van der Waals surface area contributed by atoms with E-state index in [0.29, 0.717) is 0 Å². The number of rotatable bonds is 2. The lowest BCUT2D eigenvalue weighted by Gasteiger charge is -2.45. The van der Waals surface area contributed by atoms with Crippen LogP contribution in [0.4, 0.5) is 0 Å². The van der Waals surface area contributed by atoms with E-state index in [9.17, 15) is 5.26 Å². The standard InChI is InChI=1S/C14H19N3/c1-14(2)13(9-15)6-4-8-17(14)11-12-5-3-7-16-10-12/h3,5,7,10,13H,4,6,8,11H2,1-2H3. The zero-order chi connectivity index (χ0) is 12.3. The highest BCUT2D eigenvalue weighted by Crippen LogP contribution is 2.33. The van der Waals surface area contributed by atoms with Crippen LogP contribution < -0.4 is 0 Å². The van der Waals surface area contributed by atoms with Crippen LogP contribution in [-0.4, -0.2) is 22.0 Å². The summed E-state index contributed by atoms with van der Waals surface area (Å²) in [7, 11) is 0. The van der Waals surface area contributed by atoms with E-state index in [1.807, 2.05) is 12.3 Å². The van der Waals surface area contributed by atoms with Gasteiger partial charge in [-0.25, -0.2) is 0 Å². The Hall–Kier alpha value is -1.40. The molecule has 0 amide bonds. The second-order valence-corrected chi connectivity index (χ2v) is 5.26. The Kier molecular flexibility index (Phi) is 3.44. The lowest BCUT2D eigenvalue weighted by Crippen LogP contribution is -2.52. The molecule has 1 saturated heterocycles. The molecule has 0 bridgehead atoms. The van der Waals surface area contributed by atoms with Crippen LogP contribution in [-0.2, 0) is 6.54 Å². The van der Waals surface area contributed by atoms with Gasteiger partial charge in [0.1, 0.15) is 0 Å². The van der Waals surface area contributed by atoms with Gasteiger partial charge in [0.05, 0.1) is 12.0 Å². The Balaban J connectivity index is 2.13. The third-order valence-electron chi connectivity index (χ3n) is 3.84. The molecule has 1 atom stereocenters. The smallest absolute Gasteiger partial charge is 0.0675 e. The topological polar surface area (TPSA) is 39.9 Å². The molecular weight excluding hydrogens is 210 g/mol. The summed E-state index contributed by atoms with van der Waals surface area (Å²) < 4.78 is 0. The summed E-state index contributed by atoms with van der Waals surface area (Å²) in [4.78, 5) is 6.55. The number of nitriles is 1. The Labute approximate surface area is 103 Å². The Morgan fingerprint density at radius 1 is 1.59 bits per heavy atom. The van der Waals surface area contributed by atoms with Crippen molar-refractivity contribution >= 4 is 0 Å². The maximum atomic E-state index is 9.22. The highest BCUT2D eigenvalue weighted by molar-refractivity contribution is 5.11. The molecule has 2 heterocycles. The second kappa shape index (κ2) is 4.85. The van der Waals surface area contributed by atoms with Gasteiger partial charge in [-0.2, -0.15) is 5.26 Å². The average molecular weight is 229 g/mol. The summed E-state index contributed by atoms with van der Waals surface area (Å²) in [5.41, 5.74) is 1.18. The molecule has 1 aliphatic heterocycles. The molecule has 1 aromatic rings. The summed E-state index contributed by atoms with van der Waals surface area (Å²) >= 11 is 0. The maximum absolute atomic E-state index is 9.22.